The molecule has 0 aromatic carbocycles. The predicted octanol–water partition coefficient (Wildman–Crippen LogP) is 0.437. The van der Waals surface area contributed by atoms with Crippen LogP contribution in [0.4, 0.5) is 5.95 Å². The Kier molecular flexibility index (Phi) is 2.27. The molecule has 0 radical (unpaired) electrons. The monoisotopic (exact) mass is 185 g/mol. The number of carboxylic acids is 1. The zero-order valence-electron chi connectivity index (χ0n) is 6.75. The standard InChI is InChI=1S/C6H7N3O4/c1-4(5(10)11)8-3-2-7-6(8)9(12)13/h2-4H,1H3,(H,10,11). The molecule has 1 N–H and O–H groups in total. The Morgan fingerprint density at radius 3 is 2.92 bits per heavy atom. The van der Waals surface area contributed by atoms with Crippen molar-refractivity contribution in [1.29, 1.82) is 0 Å². The van der Waals surface area contributed by atoms with Gasteiger partial charge in [-0.2, -0.15) is 0 Å². The average Bonchev–Trinajstić information content (AvgIpc) is 2.50. The van der Waals surface area contributed by atoms with Crippen LogP contribution in [-0.4, -0.2) is 25.6 Å². The molecule has 7 nitrogen and oxygen atoms in total. The molecule has 0 spiro atoms. The van der Waals surface area contributed by atoms with Crippen molar-refractivity contribution in [3.63, 3.8) is 0 Å². The number of imidazole rings is 1. The van der Waals surface area contributed by atoms with Crippen LogP contribution in [0.1, 0.15) is 13.0 Å². The molecule has 70 valence electrons. The van der Waals surface area contributed by atoms with Crippen LogP contribution in [0.5, 0.6) is 0 Å². The van der Waals surface area contributed by atoms with Gasteiger partial charge in [-0.3, -0.25) is 0 Å². The molecule has 0 fully saturated rings. The zero-order valence-corrected chi connectivity index (χ0v) is 6.75. The molecule has 1 aromatic heterocycles. The first-order chi connectivity index (χ1) is 6.04. The Bertz CT molecular complexity index is 345. The summed E-state index contributed by atoms with van der Waals surface area (Å²) in [6.07, 6.45) is 2.45. The molecule has 0 bridgehead atoms. The minimum Gasteiger partial charge on any atom is -0.479 e. The highest BCUT2D eigenvalue weighted by Gasteiger charge is 2.24. The first-order valence-corrected chi connectivity index (χ1v) is 3.44. The van der Waals surface area contributed by atoms with E-state index in [-0.39, 0.29) is 0 Å². The number of hydrogen-bond donors (Lipinski definition) is 1. The van der Waals surface area contributed by atoms with Crippen molar-refractivity contribution in [1.82, 2.24) is 9.55 Å². The van der Waals surface area contributed by atoms with Gasteiger partial charge < -0.3 is 15.2 Å². The van der Waals surface area contributed by atoms with Crippen molar-refractivity contribution in [2.24, 2.45) is 0 Å². The van der Waals surface area contributed by atoms with E-state index < -0.39 is 22.9 Å². The third-order valence-corrected chi connectivity index (χ3v) is 1.59. The summed E-state index contributed by atoms with van der Waals surface area (Å²) in [7, 11) is 0. The van der Waals surface area contributed by atoms with Gasteiger partial charge in [-0.25, -0.2) is 9.36 Å². The first kappa shape index (κ1) is 9.17. The Labute approximate surface area is 72.8 Å². The summed E-state index contributed by atoms with van der Waals surface area (Å²) in [5.74, 6) is -1.60. The van der Waals surface area contributed by atoms with Gasteiger partial charge in [0, 0.05) is 0 Å². The van der Waals surface area contributed by atoms with Crippen molar-refractivity contribution in [2.45, 2.75) is 13.0 Å². The predicted molar refractivity (Wildman–Crippen MR) is 41.2 cm³/mol. The van der Waals surface area contributed by atoms with Crippen LogP contribution in [0, 0.1) is 10.1 Å². The highest BCUT2D eigenvalue weighted by molar-refractivity contribution is 5.71. The van der Waals surface area contributed by atoms with Crippen molar-refractivity contribution in [2.75, 3.05) is 0 Å². The maximum absolute atomic E-state index is 10.5. The summed E-state index contributed by atoms with van der Waals surface area (Å²) in [6, 6.07) is -0.983. The van der Waals surface area contributed by atoms with E-state index >= 15 is 0 Å². The highest BCUT2D eigenvalue weighted by Crippen LogP contribution is 2.14. The van der Waals surface area contributed by atoms with Gasteiger partial charge >= 0.3 is 11.9 Å². The van der Waals surface area contributed by atoms with Gasteiger partial charge in [0.1, 0.15) is 12.4 Å². The molecule has 1 atom stereocenters. The molecule has 1 aromatic rings. The molecule has 0 aliphatic heterocycles. The van der Waals surface area contributed by atoms with Crippen LogP contribution in [-0.2, 0) is 4.79 Å². The normalized spacial score (nSPS) is 12.4. The second-order valence-electron chi connectivity index (χ2n) is 2.41. The molecule has 1 heterocycles. The number of nitrogens with zero attached hydrogens (tertiary/aromatic N) is 3. The van der Waals surface area contributed by atoms with Gasteiger partial charge in [0.15, 0.2) is 6.04 Å². The molecule has 1 unspecified atom stereocenters. The van der Waals surface area contributed by atoms with Crippen molar-refractivity contribution in [3.8, 4) is 0 Å². The second-order valence-corrected chi connectivity index (χ2v) is 2.41. The minimum atomic E-state index is -1.14. The van der Waals surface area contributed by atoms with Crippen LogP contribution in [0.3, 0.4) is 0 Å². The fraction of sp³-hybridized carbons (Fsp3) is 0.333. The van der Waals surface area contributed by atoms with Crippen molar-refractivity contribution < 1.29 is 14.8 Å². The lowest BCUT2D eigenvalue weighted by Gasteiger charge is -2.04. The van der Waals surface area contributed by atoms with E-state index in [0.717, 1.165) is 4.57 Å². The smallest absolute Gasteiger partial charge is 0.435 e. The number of rotatable bonds is 3. The topological polar surface area (TPSA) is 98.3 Å². The molecule has 1 rings (SSSR count). The molecule has 13 heavy (non-hydrogen) atoms. The highest BCUT2D eigenvalue weighted by atomic mass is 16.6. The van der Waals surface area contributed by atoms with E-state index in [9.17, 15) is 14.9 Å². The summed E-state index contributed by atoms with van der Waals surface area (Å²) in [4.78, 5) is 23.5. The molecule has 0 amide bonds. The molecule has 7 heteroatoms. The van der Waals surface area contributed by atoms with Crippen LogP contribution < -0.4 is 0 Å². The summed E-state index contributed by atoms with van der Waals surface area (Å²) >= 11 is 0. The lowest BCUT2D eigenvalue weighted by atomic mass is 10.3. The number of nitro groups is 1. The lowest BCUT2D eigenvalue weighted by molar-refractivity contribution is -0.397. The molecule has 0 aliphatic rings. The van der Waals surface area contributed by atoms with E-state index in [4.69, 9.17) is 5.11 Å². The zero-order chi connectivity index (χ0) is 10.0. The fourth-order valence-corrected chi connectivity index (χ4v) is 0.868. The van der Waals surface area contributed by atoms with Gasteiger partial charge in [-0.05, 0) is 11.8 Å². The molecule has 0 saturated carbocycles. The third-order valence-electron chi connectivity index (χ3n) is 1.59. The van der Waals surface area contributed by atoms with Crippen molar-refractivity contribution >= 4 is 11.9 Å². The van der Waals surface area contributed by atoms with Crippen LogP contribution in [0.2, 0.25) is 0 Å². The number of carbonyl (C=O) groups is 1. The number of hydrogen-bond acceptors (Lipinski definition) is 4. The Morgan fingerprint density at radius 2 is 2.46 bits per heavy atom. The van der Waals surface area contributed by atoms with Gasteiger partial charge in [0.05, 0.1) is 0 Å². The largest absolute Gasteiger partial charge is 0.479 e. The van der Waals surface area contributed by atoms with E-state index in [2.05, 4.69) is 4.98 Å². The average molecular weight is 185 g/mol. The maximum atomic E-state index is 10.5. The summed E-state index contributed by atoms with van der Waals surface area (Å²) in [6.45, 7) is 1.34. The Hall–Kier alpha value is -1.92. The Balaban J connectivity index is 3.07. The quantitative estimate of drug-likeness (QED) is 0.544. The van der Waals surface area contributed by atoms with E-state index in [1.54, 1.807) is 0 Å². The minimum absolute atomic E-state index is 0.463. The van der Waals surface area contributed by atoms with Crippen molar-refractivity contribution in [3.05, 3.63) is 22.5 Å². The van der Waals surface area contributed by atoms with Gasteiger partial charge in [0.2, 0.25) is 0 Å². The number of aromatic nitrogens is 2. The van der Waals surface area contributed by atoms with Gasteiger partial charge in [0.25, 0.3) is 0 Å². The first-order valence-electron chi connectivity index (χ1n) is 3.44. The summed E-state index contributed by atoms with van der Waals surface area (Å²) in [5, 5.41) is 18.9. The van der Waals surface area contributed by atoms with Crippen LogP contribution in [0.15, 0.2) is 12.4 Å². The fourth-order valence-electron chi connectivity index (χ4n) is 0.868. The second kappa shape index (κ2) is 3.21. The van der Waals surface area contributed by atoms with E-state index in [0.29, 0.717) is 0 Å². The maximum Gasteiger partial charge on any atom is 0.435 e. The number of aliphatic carboxylic acids is 1. The van der Waals surface area contributed by atoms with Crippen LogP contribution >= 0.6 is 0 Å². The van der Waals surface area contributed by atoms with Gasteiger partial charge in [-0.1, -0.05) is 4.98 Å². The SMILES string of the molecule is CC(C(=O)O)n1ccnc1[N+](=O)[O-]. The summed E-state index contributed by atoms with van der Waals surface area (Å²) in [5.41, 5.74) is 0. The van der Waals surface area contributed by atoms with Gasteiger partial charge in [-0.15, -0.1) is 0 Å². The van der Waals surface area contributed by atoms with E-state index in [1.807, 2.05) is 0 Å². The van der Waals surface area contributed by atoms with Crippen LogP contribution in [0.25, 0.3) is 0 Å². The lowest BCUT2D eigenvalue weighted by Crippen LogP contribution is -2.16. The molecular weight excluding hydrogens is 178 g/mol. The molecule has 0 saturated heterocycles. The Morgan fingerprint density at radius 1 is 1.85 bits per heavy atom. The number of carboxylic acid groups (broad SMARTS) is 1. The summed E-state index contributed by atoms with van der Waals surface area (Å²) < 4.78 is 0.988. The van der Waals surface area contributed by atoms with E-state index in [1.165, 1.54) is 19.3 Å². The third kappa shape index (κ3) is 1.63. The molecule has 0 aliphatic carbocycles. The molecular formula is C6H7N3O4.